The third-order valence-electron chi connectivity index (χ3n) is 2.94. The Balaban J connectivity index is 2.95. The van der Waals surface area contributed by atoms with Crippen LogP contribution in [0.2, 0.25) is 0 Å². The first-order valence-corrected chi connectivity index (χ1v) is 6.12. The van der Waals surface area contributed by atoms with Crippen molar-refractivity contribution in [2.45, 2.75) is 40.5 Å². The molecule has 0 radical (unpaired) electrons. The maximum atomic E-state index is 9.03. The zero-order valence-corrected chi connectivity index (χ0v) is 11.5. The third-order valence-corrected chi connectivity index (χ3v) is 2.94. The van der Waals surface area contributed by atoms with Crippen LogP contribution in [0.4, 0.5) is 5.69 Å². The van der Waals surface area contributed by atoms with Gasteiger partial charge < -0.3 is 5.32 Å². The second-order valence-corrected chi connectivity index (χ2v) is 5.54. The van der Waals surface area contributed by atoms with Crippen molar-refractivity contribution >= 4 is 5.69 Å². The Bertz CT molecular complexity index is 425. The van der Waals surface area contributed by atoms with E-state index in [1.165, 1.54) is 16.8 Å². The molecule has 0 atom stereocenters. The number of nitriles is 1. The Morgan fingerprint density at radius 2 is 2.00 bits per heavy atom. The van der Waals surface area contributed by atoms with Crippen LogP contribution in [-0.4, -0.2) is 6.54 Å². The van der Waals surface area contributed by atoms with Gasteiger partial charge in [0.2, 0.25) is 0 Å². The van der Waals surface area contributed by atoms with Gasteiger partial charge in [-0.2, -0.15) is 5.26 Å². The molecule has 0 aliphatic carbocycles. The van der Waals surface area contributed by atoms with Crippen molar-refractivity contribution in [3.05, 3.63) is 29.3 Å². The van der Waals surface area contributed by atoms with Crippen LogP contribution in [0.1, 0.15) is 44.7 Å². The molecule has 0 heterocycles. The summed E-state index contributed by atoms with van der Waals surface area (Å²) in [5, 5.41) is 12.5. The summed E-state index contributed by atoms with van der Waals surface area (Å²) in [7, 11) is 0. The Hall–Kier alpha value is -1.49. The van der Waals surface area contributed by atoms with Gasteiger partial charge in [0.1, 0.15) is 0 Å². The third kappa shape index (κ3) is 3.49. The second kappa shape index (κ2) is 5.23. The minimum atomic E-state index is -0.337. The summed E-state index contributed by atoms with van der Waals surface area (Å²) in [6.07, 6.45) is 0. The summed E-state index contributed by atoms with van der Waals surface area (Å²) < 4.78 is 0. The van der Waals surface area contributed by atoms with Crippen molar-refractivity contribution in [2.75, 3.05) is 11.9 Å². The van der Waals surface area contributed by atoms with Crippen molar-refractivity contribution in [3.63, 3.8) is 0 Å². The van der Waals surface area contributed by atoms with Gasteiger partial charge in [-0.15, -0.1) is 0 Å². The summed E-state index contributed by atoms with van der Waals surface area (Å²) in [6, 6.07) is 8.66. The lowest BCUT2D eigenvalue weighted by atomic mass is 9.94. The molecule has 92 valence electrons. The van der Waals surface area contributed by atoms with E-state index in [9.17, 15) is 0 Å². The molecule has 0 fully saturated rings. The molecule has 0 saturated heterocycles. The van der Waals surface area contributed by atoms with Gasteiger partial charge >= 0.3 is 0 Å². The summed E-state index contributed by atoms with van der Waals surface area (Å²) in [5.74, 6) is 0.489. The lowest BCUT2D eigenvalue weighted by molar-refractivity contribution is 0.528. The van der Waals surface area contributed by atoms with Gasteiger partial charge in [0.25, 0.3) is 0 Å². The van der Waals surface area contributed by atoms with Gasteiger partial charge in [0.05, 0.1) is 11.5 Å². The molecule has 2 nitrogen and oxygen atoms in total. The Labute approximate surface area is 105 Å². The molecule has 0 aliphatic heterocycles. The van der Waals surface area contributed by atoms with Crippen LogP contribution in [0.3, 0.4) is 0 Å². The molecule has 0 unspecified atom stereocenters. The highest BCUT2D eigenvalue weighted by Gasteiger charge is 2.17. The van der Waals surface area contributed by atoms with Gasteiger partial charge in [-0.25, -0.2) is 0 Å². The number of para-hydroxylation sites is 1. The number of nitrogens with one attached hydrogen (secondary N) is 1. The second-order valence-electron chi connectivity index (χ2n) is 5.54. The normalized spacial score (nSPS) is 11.4. The summed E-state index contributed by atoms with van der Waals surface area (Å²) >= 11 is 0. The van der Waals surface area contributed by atoms with Gasteiger partial charge in [0, 0.05) is 12.2 Å². The topological polar surface area (TPSA) is 35.8 Å². The predicted molar refractivity (Wildman–Crippen MR) is 73.2 cm³/mol. The molecule has 0 aliphatic rings. The average molecular weight is 230 g/mol. The Kier molecular flexibility index (Phi) is 4.17. The molecule has 0 aromatic heterocycles. The fourth-order valence-corrected chi connectivity index (χ4v) is 1.76. The number of benzene rings is 1. The smallest absolute Gasteiger partial charge is 0.0702 e. The fraction of sp³-hybridized carbons (Fsp3) is 0.533. The van der Waals surface area contributed by atoms with E-state index in [0.717, 1.165) is 0 Å². The van der Waals surface area contributed by atoms with Crippen LogP contribution in [-0.2, 0) is 0 Å². The largest absolute Gasteiger partial charge is 0.383 e. The van der Waals surface area contributed by atoms with E-state index in [4.69, 9.17) is 5.26 Å². The predicted octanol–water partition coefficient (Wildman–Crippen LogP) is 4.08. The SMILES string of the molecule is Cc1cccc(C(C)C)c1NCC(C)(C)C#N. The van der Waals surface area contributed by atoms with E-state index in [1.807, 2.05) is 13.8 Å². The van der Waals surface area contributed by atoms with Crippen molar-refractivity contribution in [1.82, 2.24) is 0 Å². The molecule has 1 N–H and O–H groups in total. The summed E-state index contributed by atoms with van der Waals surface area (Å²) in [5.41, 5.74) is 3.41. The maximum Gasteiger partial charge on any atom is 0.0702 e. The van der Waals surface area contributed by atoms with Crippen molar-refractivity contribution < 1.29 is 0 Å². The van der Waals surface area contributed by atoms with E-state index >= 15 is 0 Å². The molecular formula is C15H22N2. The maximum absolute atomic E-state index is 9.03. The minimum absolute atomic E-state index is 0.337. The monoisotopic (exact) mass is 230 g/mol. The van der Waals surface area contributed by atoms with Crippen LogP contribution in [0, 0.1) is 23.7 Å². The highest BCUT2D eigenvalue weighted by molar-refractivity contribution is 5.58. The van der Waals surface area contributed by atoms with Gasteiger partial charge in [-0.3, -0.25) is 0 Å². The lowest BCUT2D eigenvalue weighted by Gasteiger charge is -2.21. The van der Waals surface area contributed by atoms with Gasteiger partial charge in [0.15, 0.2) is 0 Å². The van der Waals surface area contributed by atoms with Crippen LogP contribution < -0.4 is 5.32 Å². The molecule has 2 heteroatoms. The molecular weight excluding hydrogens is 208 g/mol. The molecule has 0 spiro atoms. The summed E-state index contributed by atoms with van der Waals surface area (Å²) in [6.45, 7) is 11.1. The first-order valence-electron chi connectivity index (χ1n) is 6.12. The number of aryl methyl sites for hydroxylation is 1. The summed E-state index contributed by atoms with van der Waals surface area (Å²) in [4.78, 5) is 0. The molecule has 1 aromatic rings. The Morgan fingerprint density at radius 3 is 2.53 bits per heavy atom. The van der Waals surface area contributed by atoms with E-state index < -0.39 is 0 Å². The van der Waals surface area contributed by atoms with E-state index in [-0.39, 0.29) is 5.41 Å². The molecule has 0 amide bonds. The van der Waals surface area contributed by atoms with Crippen LogP contribution in [0.25, 0.3) is 0 Å². The first kappa shape index (κ1) is 13.6. The molecule has 0 bridgehead atoms. The molecule has 1 aromatic carbocycles. The zero-order valence-electron chi connectivity index (χ0n) is 11.5. The molecule has 1 rings (SSSR count). The number of anilines is 1. The number of nitrogens with zero attached hydrogens (tertiary/aromatic N) is 1. The molecule has 17 heavy (non-hydrogen) atoms. The van der Waals surface area contributed by atoms with Crippen LogP contribution >= 0.6 is 0 Å². The van der Waals surface area contributed by atoms with Crippen molar-refractivity contribution in [3.8, 4) is 6.07 Å². The van der Waals surface area contributed by atoms with E-state index in [1.54, 1.807) is 0 Å². The number of rotatable bonds is 4. The highest BCUT2D eigenvalue weighted by Crippen LogP contribution is 2.28. The quantitative estimate of drug-likeness (QED) is 0.846. The van der Waals surface area contributed by atoms with Crippen molar-refractivity contribution in [1.29, 1.82) is 5.26 Å². The highest BCUT2D eigenvalue weighted by atomic mass is 14.9. The van der Waals surface area contributed by atoms with Crippen molar-refractivity contribution in [2.24, 2.45) is 5.41 Å². The van der Waals surface area contributed by atoms with Crippen LogP contribution in [0.5, 0.6) is 0 Å². The Morgan fingerprint density at radius 1 is 1.35 bits per heavy atom. The average Bonchev–Trinajstić information content (AvgIpc) is 2.27. The van der Waals surface area contributed by atoms with Crippen LogP contribution in [0.15, 0.2) is 18.2 Å². The number of hydrogen-bond donors (Lipinski definition) is 1. The standard InChI is InChI=1S/C15H22N2/c1-11(2)13-8-6-7-12(3)14(13)17-10-15(4,5)9-16/h6-8,11,17H,10H2,1-5H3. The minimum Gasteiger partial charge on any atom is -0.383 e. The fourth-order valence-electron chi connectivity index (χ4n) is 1.76. The van der Waals surface area contributed by atoms with Gasteiger partial charge in [-0.05, 0) is 37.8 Å². The van der Waals surface area contributed by atoms with E-state index in [0.29, 0.717) is 12.5 Å². The first-order chi connectivity index (χ1) is 7.87. The lowest BCUT2D eigenvalue weighted by Crippen LogP contribution is -2.22. The van der Waals surface area contributed by atoms with Gasteiger partial charge in [-0.1, -0.05) is 32.0 Å². The number of hydrogen-bond acceptors (Lipinski definition) is 2. The zero-order chi connectivity index (χ0) is 13.1. The molecule has 0 saturated carbocycles. The van der Waals surface area contributed by atoms with E-state index in [2.05, 4.69) is 50.4 Å².